The van der Waals surface area contributed by atoms with Crippen molar-refractivity contribution in [3.05, 3.63) is 199 Å². The molecular formula is C46H36NOP. The normalized spacial score (nSPS) is 18.0. The summed E-state index contributed by atoms with van der Waals surface area (Å²) in [6.45, 7) is 0. The molecule has 0 aromatic heterocycles. The zero-order valence-corrected chi connectivity index (χ0v) is 28.0. The van der Waals surface area contributed by atoms with Gasteiger partial charge in [-0.05, 0) is 48.1 Å². The van der Waals surface area contributed by atoms with E-state index in [0.29, 0.717) is 5.75 Å². The summed E-state index contributed by atoms with van der Waals surface area (Å²) in [6, 6.07) is 65.7. The fourth-order valence-corrected chi connectivity index (χ4v) is 10.2. The maximum absolute atomic E-state index is 12.4. The molecule has 0 bridgehead atoms. The Labute approximate surface area is 289 Å². The van der Waals surface area contributed by atoms with Crippen LogP contribution in [0.1, 0.15) is 17.5 Å². The van der Waals surface area contributed by atoms with Gasteiger partial charge in [-0.1, -0.05) is 188 Å². The monoisotopic (exact) mass is 649 g/mol. The van der Waals surface area contributed by atoms with E-state index in [4.69, 9.17) is 4.99 Å². The summed E-state index contributed by atoms with van der Waals surface area (Å²) >= 11 is 0. The van der Waals surface area contributed by atoms with Crippen molar-refractivity contribution >= 4 is 24.4 Å². The molecule has 1 N–H and O–H groups in total. The van der Waals surface area contributed by atoms with Crippen molar-refractivity contribution in [1.29, 1.82) is 0 Å². The van der Waals surface area contributed by atoms with E-state index < -0.39 is 13.3 Å². The average molecular weight is 650 g/mol. The molecule has 236 valence electrons. The van der Waals surface area contributed by atoms with Crippen LogP contribution in [0.15, 0.2) is 193 Å². The van der Waals surface area contributed by atoms with Crippen LogP contribution in [0, 0.1) is 0 Å². The van der Waals surface area contributed by atoms with Gasteiger partial charge in [-0.3, -0.25) is 4.99 Å². The van der Waals surface area contributed by atoms with Crippen LogP contribution in [0.4, 0.5) is 5.69 Å². The molecule has 2 unspecified atom stereocenters. The molecule has 1 saturated heterocycles. The number of phenols is 1. The molecule has 2 nitrogen and oxygen atoms in total. The standard InChI is InChI=1S/C46H36NOP/c48-44-41(36-22-10-3-11-23-36)30-17-31-42(44)46(37-24-12-4-13-25-37)32-33-49(38-26-14-5-15-27-38)45(46)47-43-39(34-18-6-1-7-19-34)28-16-29-40(43)35-20-8-2-9-21-35/h1-31,48H,32-33H2. The Morgan fingerprint density at radius 3 is 1.47 bits per heavy atom. The van der Waals surface area contributed by atoms with Crippen LogP contribution in [-0.4, -0.2) is 16.7 Å². The van der Waals surface area contributed by atoms with E-state index in [1.807, 2.05) is 24.3 Å². The van der Waals surface area contributed by atoms with E-state index >= 15 is 0 Å². The summed E-state index contributed by atoms with van der Waals surface area (Å²) in [7, 11) is -0.862. The quantitative estimate of drug-likeness (QED) is 0.171. The van der Waals surface area contributed by atoms with E-state index in [-0.39, 0.29) is 0 Å². The van der Waals surface area contributed by atoms with Crippen molar-refractivity contribution in [2.75, 3.05) is 6.16 Å². The van der Waals surface area contributed by atoms with Crippen molar-refractivity contribution < 1.29 is 5.11 Å². The molecule has 0 radical (unpaired) electrons. The van der Waals surface area contributed by atoms with Gasteiger partial charge in [0.15, 0.2) is 0 Å². The Kier molecular flexibility index (Phi) is 8.48. The van der Waals surface area contributed by atoms with Gasteiger partial charge in [0.05, 0.1) is 16.6 Å². The van der Waals surface area contributed by atoms with Gasteiger partial charge in [0.2, 0.25) is 0 Å². The summed E-state index contributed by atoms with van der Waals surface area (Å²) < 4.78 is 0. The second-order valence-corrected chi connectivity index (χ2v) is 14.7. The first kappa shape index (κ1) is 30.8. The van der Waals surface area contributed by atoms with E-state index in [1.54, 1.807) is 0 Å². The van der Waals surface area contributed by atoms with Gasteiger partial charge < -0.3 is 5.11 Å². The van der Waals surface area contributed by atoms with Crippen LogP contribution in [-0.2, 0) is 5.41 Å². The second-order valence-electron chi connectivity index (χ2n) is 12.4. The van der Waals surface area contributed by atoms with E-state index in [0.717, 1.165) is 68.2 Å². The van der Waals surface area contributed by atoms with E-state index in [1.165, 1.54) is 5.30 Å². The van der Waals surface area contributed by atoms with Gasteiger partial charge >= 0.3 is 0 Å². The number of nitrogens with zero attached hydrogens (tertiary/aromatic N) is 1. The highest BCUT2D eigenvalue weighted by molar-refractivity contribution is 7.82. The van der Waals surface area contributed by atoms with Gasteiger partial charge in [0.1, 0.15) is 5.75 Å². The second kappa shape index (κ2) is 13.5. The van der Waals surface area contributed by atoms with Crippen molar-refractivity contribution in [3.63, 3.8) is 0 Å². The van der Waals surface area contributed by atoms with Crippen LogP contribution in [0.5, 0.6) is 5.75 Å². The average Bonchev–Trinajstić information content (AvgIpc) is 3.56. The molecule has 1 heterocycles. The number of hydrogen-bond acceptors (Lipinski definition) is 2. The third kappa shape index (κ3) is 5.69. The van der Waals surface area contributed by atoms with Gasteiger partial charge in [0.25, 0.3) is 0 Å². The number of phenolic OH excluding ortho intramolecular Hbond substituents is 1. The van der Waals surface area contributed by atoms with Gasteiger partial charge in [-0.25, -0.2) is 0 Å². The molecule has 1 fully saturated rings. The summed E-state index contributed by atoms with van der Waals surface area (Å²) in [5.41, 5.74) is 9.72. The van der Waals surface area contributed by atoms with Gasteiger partial charge in [0, 0.05) is 22.3 Å². The highest BCUT2D eigenvalue weighted by Gasteiger charge is 2.50. The third-order valence-electron chi connectivity index (χ3n) is 9.69. The number of benzene rings is 7. The maximum Gasteiger partial charge on any atom is 0.127 e. The fourth-order valence-electron chi connectivity index (χ4n) is 7.36. The van der Waals surface area contributed by atoms with E-state index in [9.17, 15) is 5.11 Å². The first-order chi connectivity index (χ1) is 24.2. The van der Waals surface area contributed by atoms with Crippen molar-refractivity contribution in [3.8, 4) is 39.1 Å². The molecule has 8 rings (SSSR count). The van der Waals surface area contributed by atoms with Crippen LogP contribution < -0.4 is 5.30 Å². The number of rotatable bonds is 7. The predicted octanol–water partition coefficient (Wildman–Crippen LogP) is 11.6. The summed E-state index contributed by atoms with van der Waals surface area (Å²) in [5, 5.41) is 13.7. The highest BCUT2D eigenvalue weighted by atomic mass is 31.1. The van der Waals surface area contributed by atoms with Crippen LogP contribution >= 0.6 is 7.92 Å². The van der Waals surface area contributed by atoms with Crippen LogP contribution in [0.2, 0.25) is 0 Å². The lowest BCUT2D eigenvalue weighted by molar-refractivity contribution is 0.460. The maximum atomic E-state index is 12.4. The molecule has 0 spiro atoms. The lowest BCUT2D eigenvalue weighted by Gasteiger charge is -2.34. The largest absolute Gasteiger partial charge is 0.507 e. The summed E-state index contributed by atoms with van der Waals surface area (Å²) in [6.07, 6.45) is 1.78. The first-order valence-corrected chi connectivity index (χ1v) is 18.4. The third-order valence-corrected chi connectivity index (χ3v) is 12.3. The molecule has 7 aromatic rings. The lowest BCUT2D eigenvalue weighted by atomic mass is 9.72. The molecule has 0 saturated carbocycles. The summed E-state index contributed by atoms with van der Waals surface area (Å²) in [4.78, 5) is 5.95. The zero-order chi connectivity index (χ0) is 33.0. The zero-order valence-electron chi connectivity index (χ0n) is 27.2. The lowest BCUT2D eigenvalue weighted by Crippen LogP contribution is -2.33. The molecule has 0 amide bonds. The Hall–Kier alpha value is -5.56. The molecule has 49 heavy (non-hydrogen) atoms. The fraction of sp³-hybridized carbons (Fsp3) is 0.0652. The summed E-state index contributed by atoms with van der Waals surface area (Å²) in [5.74, 6) is 0.315. The smallest absolute Gasteiger partial charge is 0.127 e. The molecule has 2 atom stereocenters. The number of aromatic hydroxyl groups is 1. The minimum Gasteiger partial charge on any atom is -0.507 e. The van der Waals surface area contributed by atoms with Gasteiger partial charge in [-0.2, -0.15) is 0 Å². The first-order valence-electron chi connectivity index (χ1n) is 16.8. The SMILES string of the molecule is Oc1c(-c2ccccc2)cccc1C1(c2ccccc2)CCP(c2ccccc2)C1=Nc1c(-c2ccccc2)cccc1-c1ccccc1. The topological polar surface area (TPSA) is 32.6 Å². The predicted molar refractivity (Wildman–Crippen MR) is 208 cm³/mol. The number of aliphatic imine (C=N–C) groups is 1. The molecule has 1 aliphatic rings. The molecule has 3 heteroatoms. The minimum atomic E-state index is -0.862. The number of hydrogen-bond donors (Lipinski definition) is 1. The molecule has 7 aromatic carbocycles. The molecule has 0 aliphatic carbocycles. The Balaban J connectivity index is 1.47. The highest BCUT2D eigenvalue weighted by Crippen LogP contribution is 2.61. The van der Waals surface area contributed by atoms with Crippen molar-refractivity contribution in [2.24, 2.45) is 4.99 Å². The van der Waals surface area contributed by atoms with Gasteiger partial charge in [-0.15, -0.1) is 0 Å². The van der Waals surface area contributed by atoms with Crippen molar-refractivity contribution in [2.45, 2.75) is 11.8 Å². The number of para-hydroxylation sites is 2. The van der Waals surface area contributed by atoms with Crippen LogP contribution in [0.3, 0.4) is 0 Å². The minimum absolute atomic E-state index is 0.315. The molecular weight excluding hydrogens is 613 g/mol. The van der Waals surface area contributed by atoms with E-state index in [2.05, 4.69) is 164 Å². The van der Waals surface area contributed by atoms with Crippen molar-refractivity contribution in [1.82, 2.24) is 0 Å². The van der Waals surface area contributed by atoms with Crippen LogP contribution in [0.25, 0.3) is 33.4 Å². The molecule has 1 aliphatic heterocycles. The Morgan fingerprint density at radius 1 is 0.469 bits per heavy atom. The Bertz CT molecular complexity index is 2160. The Morgan fingerprint density at radius 2 is 0.918 bits per heavy atom.